The lowest BCUT2D eigenvalue weighted by Crippen LogP contribution is -2.47. The lowest BCUT2D eigenvalue weighted by Gasteiger charge is -2.36. The van der Waals surface area contributed by atoms with Crippen LogP contribution in [-0.4, -0.2) is 58.1 Å². The lowest BCUT2D eigenvalue weighted by molar-refractivity contribution is -0.141. The van der Waals surface area contributed by atoms with Crippen LogP contribution in [-0.2, 0) is 16.1 Å². The standard InChI is InChI=1S/C19H22N4O3/c1-12-18(13(2)21-20-12)16-11-26-8-7-23(16)17(24)10-22-9-14-5-3-4-6-15(14)19(22)25/h3-6,16H,7-11H2,1-2H3,(H,20,21). The molecule has 0 spiro atoms. The molecule has 0 saturated carbocycles. The molecule has 1 atom stereocenters. The molecular weight excluding hydrogens is 332 g/mol. The first-order valence-corrected chi connectivity index (χ1v) is 8.82. The number of H-pyrrole nitrogens is 1. The quantitative estimate of drug-likeness (QED) is 0.908. The third-order valence-electron chi connectivity index (χ3n) is 5.19. The van der Waals surface area contributed by atoms with E-state index in [1.54, 1.807) is 4.90 Å². The number of ether oxygens (including phenoxy) is 1. The molecule has 2 aliphatic heterocycles. The molecule has 2 amide bonds. The maximum atomic E-state index is 13.0. The van der Waals surface area contributed by atoms with Gasteiger partial charge in [0.1, 0.15) is 6.54 Å². The summed E-state index contributed by atoms with van der Waals surface area (Å²) in [4.78, 5) is 29.0. The highest BCUT2D eigenvalue weighted by Gasteiger charge is 2.35. The van der Waals surface area contributed by atoms with Crippen molar-refractivity contribution in [1.82, 2.24) is 20.0 Å². The fourth-order valence-electron chi connectivity index (χ4n) is 3.89. The number of nitrogens with zero attached hydrogens (tertiary/aromatic N) is 3. The molecule has 1 fully saturated rings. The number of nitrogens with one attached hydrogen (secondary N) is 1. The Hall–Kier alpha value is -2.67. The van der Waals surface area contributed by atoms with Gasteiger partial charge < -0.3 is 14.5 Å². The number of amides is 2. The average molecular weight is 354 g/mol. The molecule has 1 aromatic carbocycles. The molecule has 7 heteroatoms. The minimum atomic E-state index is -0.171. The van der Waals surface area contributed by atoms with Crippen LogP contribution in [0.15, 0.2) is 24.3 Å². The van der Waals surface area contributed by atoms with Crippen molar-refractivity contribution in [1.29, 1.82) is 0 Å². The highest BCUT2D eigenvalue weighted by molar-refractivity contribution is 6.00. The molecule has 2 aliphatic rings. The Morgan fingerprint density at radius 1 is 1.35 bits per heavy atom. The Morgan fingerprint density at radius 2 is 2.15 bits per heavy atom. The summed E-state index contributed by atoms with van der Waals surface area (Å²) >= 11 is 0. The number of fused-ring (bicyclic) bond motifs is 1. The third kappa shape index (κ3) is 2.78. The summed E-state index contributed by atoms with van der Waals surface area (Å²) in [6, 6.07) is 7.35. The monoisotopic (exact) mass is 354 g/mol. The first-order valence-electron chi connectivity index (χ1n) is 8.82. The van der Waals surface area contributed by atoms with E-state index in [0.717, 1.165) is 22.5 Å². The highest BCUT2D eigenvalue weighted by atomic mass is 16.5. The fourth-order valence-corrected chi connectivity index (χ4v) is 3.89. The van der Waals surface area contributed by atoms with Crippen LogP contribution in [0.3, 0.4) is 0 Å². The van der Waals surface area contributed by atoms with E-state index in [2.05, 4.69) is 10.2 Å². The van der Waals surface area contributed by atoms with Crippen molar-refractivity contribution in [2.75, 3.05) is 26.3 Å². The summed E-state index contributed by atoms with van der Waals surface area (Å²) in [6.07, 6.45) is 0. The van der Waals surface area contributed by atoms with Gasteiger partial charge in [-0.2, -0.15) is 5.10 Å². The Balaban J connectivity index is 1.53. The first-order chi connectivity index (χ1) is 12.6. The maximum absolute atomic E-state index is 13.0. The van der Waals surface area contributed by atoms with Crippen LogP contribution < -0.4 is 0 Å². The molecule has 4 rings (SSSR count). The number of benzene rings is 1. The van der Waals surface area contributed by atoms with E-state index < -0.39 is 0 Å². The Kier molecular flexibility index (Phi) is 4.24. The van der Waals surface area contributed by atoms with E-state index in [-0.39, 0.29) is 24.4 Å². The lowest BCUT2D eigenvalue weighted by atomic mass is 10.0. The molecule has 0 radical (unpaired) electrons. The van der Waals surface area contributed by atoms with Gasteiger partial charge in [0.2, 0.25) is 5.91 Å². The minimum absolute atomic E-state index is 0.0561. The molecule has 1 unspecified atom stereocenters. The third-order valence-corrected chi connectivity index (χ3v) is 5.19. The Bertz CT molecular complexity index is 841. The number of aryl methyl sites for hydroxylation is 2. The second kappa shape index (κ2) is 6.57. The van der Waals surface area contributed by atoms with Gasteiger partial charge in [0.15, 0.2) is 0 Å². The molecule has 136 valence electrons. The van der Waals surface area contributed by atoms with Crippen molar-refractivity contribution >= 4 is 11.8 Å². The zero-order chi connectivity index (χ0) is 18.3. The molecule has 2 aromatic rings. The van der Waals surface area contributed by atoms with Gasteiger partial charge in [0.25, 0.3) is 5.91 Å². The van der Waals surface area contributed by atoms with E-state index in [1.807, 2.05) is 43.0 Å². The van der Waals surface area contributed by atoms with Crippen LogP contribution in [0.1, 0.15) is 38.9 Å². The highest BCUT2D eigenvalue weighted by Crippen LogP contribution is 2.29. The fraction of sp³-hybridized carbons (Fsp3) is 0.421. The SMILES string of the molecule is Cc1n[nH]c(C)c1C1COCCN1C(=O)CN1Cc2ccccc2C1=O. The van der Waals surface area contributed by atoms with Crippen molar-refractivity contribution in [3.05, 3.63) is 52.3 Å². The second-order valence-corrected chi connectivity index (χ2v) is 6.84. The first kappa shape index (κ1) is 16.8. The predicted molar refractivity (Wildman–Crippen MR) is 94.5 cm³/mol. The van der Waals surface area contributed by atoms with E-state index in [0.29, 0.717) is 31.9 Å². The van der Waals surface area contributed by atoms with Crippen molar-refractivity contribution in [3.8, 4) is 0 Å². The van der Waals surface area contributed by atoms with Gasteiger partial charge in [-0.3, -0.25) is 14.7 Å². The summed E-state index contributed by atoms with van der Waals surface area (Å²) in [5.74, 6) is -0.131. The van der Waals surface area contributed by atoms with Crippen LogP contribution in [0, 0.1) is 13.8 Å². The summed E-state index contributed by atoms with van der Waals surface area (Å²) in [7, 11) is 0. The van der Waals surface area contributed by atoms with Crippen molar-refractivity contribution < 1.29 is 14.3 Å². The van der Waals surface area contributed by atoms with Crippen molar-refractivity contribution in [2.24, 2.45) is 0 Å². The van der Waals surface area contributed by atoms with Gasteiger partial charge in [0.05, 0.1) is 24.9 Å². The van der Waals surface area contributed by atoms with E-state index in [1.165, 1.54) is 0 Å². The Morgan fingerprint density at radius 3 is 2.88 bits per heavy atom. The summed E-state index contributed by atoms with van der Waals surface area (Å²) in [5, 5.41) is 7.22. The number of hydrogen-bond acceptors (Lipinski definition) is 4. The van der Waals surface area contributed by atoms with Gasteiger partial charge in [-0.25, -0.2) is 0 Å². The molecule has 0 aliphatic carbocycles. The number of rotatable bonds is 3. The molecule has 0 bridgehead atoms. The number of aromatic nitrogens is 2. The van der Waals surface area contributed by atoms with Gasteiger partial charge in [-0.15, -0.1) is 0 Å². The number of morpholine rings is 1. The molecule has 1 aromatic heterocycles. The number of carbonyl (C=O) groups excluding carboxylic acids is 2. The van der Waals surface area contributed by atoms with Crippen molar-refractivity contribution in [3.63, 3.8) is 0 Å². The molecule has 3 heterocycles. The van der Waals surface area contributed by atoms with Crippen LogP contribution in [0.25, 0.3) is 0 Å². The molecule has 26 heavy (non-hydrogen) atoms. The molecule has 7 nitrogen and oxygen atoms in total. The zero-order valence-corrected chi connectivity index (χ0v) is 15.0. The minimum Gasteiger partial charge on any atom is -0.377 e. The van der Waals surface area contributed by atoms with Crippen LogP contribution in [0.5, 0.6) is 0 Å². The predicted octanol–water partition coefficient (Wildman–Crippen LogP) is 1.58. The summed E-state index contributed by atoms with van der Waals surface area (Å²) in [5.41, 5.74) is 4.50. The normalized spacial score (nSPS) is 19.8. The van der Waals surface area contributed by atoms with Crippen LogP contribution in [0.4, 0.5) is 0 Å². The largest absolute Gasteiger partial charge is 0.377 e. The smallest absolute Gasteiger partial charge is 0.254 e. The Labute approximate surface area is 151 Å². The van der Waals surface area contributed by atoms with E-state index in [4.69, 9.17) is 4.74 Å². The number of carbonyl (C=O) groups is 2. The number of aromatic amines is 1. The summed E-state index contributed by atoms with van der Waals surface area (Å²) < 4.78 is 5.62. The van der Waals surface area contributed by atoms with Gasteiger partial charge >= 0.3 is 0 Å². The molecule has 1 N–H and O–H groups in total. The molecule has 1 saturated heterocycles. The maximum Gasteiger partial charge on any atom is 0.254 e. The van der Waals surface area contributed by atoms with Gasteiger partial charge in [-0.1, -0.05) is 18.2 Å². The number of hydrogen-bond donors (Lipinski definition) is 1. The van der Waals surface area contributed by atoms with E-state index in [9.17, 15) is 9.59 Å². The van der Waals surface area contributed by atoms with E-state index >= 15 is 0 Å². The molecular formula is C19H22N4O3. The zero-order valence-electron chi connectivity index (χ0n) is 15.0. The second-order valence-electron chi connectivity index (χ2n) is 6.84. The topological polar surface area (TPSA) is 78.5 Å². The van der Waals surface area contributed by atoms with Crippen LogP contribution in [0.2, 0.25) is 0 Å². The van der Waals surface area contributed by atoms with Crippen molar-refractivity contribution in [2.45, 2.75) is 26.4 Å². The van der Waals surface area contributed by atoms with Gasteiger partial charge in [-0.05, 0) is 25.5 Å². The summed E-state index contributed by atoms with van der Waals surface area (Å²) in [6.45, 7) is 5.92. The average Bonchev–Trinajstić information content (AvgIpc) is 3.14. The van der Waals surface area contributed by atoms with Crippen LogP contribution >= 0.6 is 0 Å². The van der Waals surface area contributed by atoms with Gasteiger partial charge in [0, 0.05) is 29.9 Å².